The van der Waals surface area contributed by atoms with Crippen molar-refractivity contribution < 1.29 is 9.32 Å². The quantitative estimate of drug-likeness (QED) is 0.878. The van der Waals surface area contributed by atoms with E-state index in [1.807, 2.05) is 20.8 Å². The Balaban J connectivity index is 2.17. The Labute approximate surface area is 117 Å². The fraction of sp³-hybridized carbons (Fsp3) is 0.462. The molecule has 0 saturated heterocycles. The Bertz CT molecular complexity index is 622. The zero-order valence-corrected chi connectivity index (χ0v) is 12.1. The summed E-state index contributed by atoms with van der Waals surface area (Å²) in [6.45, 7) is 8.30. The van der Waals surface area contributed by atoms with Crippen LogP contribution < -0.4 is 11.1 Å². The number of anilines is 1. The molecule has 2 heterocycles. The van der Waals surface area contributed by atoms with Gasteiger partial charge in [-0.1, -0.05) is 5.16 Å². The van der Waals surface area contributed by atoms with E-state index in [2.05, 4.69) is 15.6 Å². The Hall–Kier alpha value is -2.31. The average molecular weight is 277 g/mol. The number of amides is 1. The van der Waals surface area contributed by atoms with Gasteiger partial charge >= 0.3 is 0 Å². The minimum atomic E-state index is -0.245. The first-order chi connectivity index (χ1) is 9.45. The normalized spacial score (nSPS) is 10.8. The number of hydrogen-bond acceptors (Lipinski definition) is 5. The van der Waals surface area contributed by atoms with Crippen molar-refractivity contribution in [3.63, 3.8) is 0 Å². The van der Waals surface area contributed by atoms with Gasteiger partial charge in [-0.3, -0.25) is 9.48 Å². The molecule has 0 saturated carbocycles. The van der Waals surface area contributed by atoms with Crippen LogP contribution in [-0.2, 0) is 13.1 Å². The Morgan fingerprint density at radius 2 is 2.05 bits per heavy atom. The molecule has 0 fully saturated rings. The minimum Gasteiger partial charge on any atom is -0.395 e. The van der Waals surface area contributed by atoms with Crippen molar-refractivity contribution in [2.45, 2.75) is 40.8 Å². The number of aryl methyl sites for hydroxylation is 4. The third kappa shape index (κ3) is 2.38. The molecule has 3 N–H and O–H groups in total. The number of nitrogens with two attached hydrogens (primary N) is 1. The lowest BCUT2D eigenvalue weighted by atomic mass is 10.2. The first-order valence-electron chi connectivity index (χ1n) is 6.48. The molecule has 2 aromatic heterocycles. The number of nitrogens with one attached hydrogen (secondary N) is 1. The van der Waals surface area contributed by atoms with Gasteiger partial charge < -0.3 is 15.6 Å². The number of rotatable bonds is 4. The number of nitrogen functional groups attached to an aromatic ring is 1. The van der Waals surface area contributed by atoms with Crippen LogP contribution in [0, 0.1) is 20.8 Å². The zero-order chi connectivity index (χ0) is 14.9. The lowest BCUT2D eigenvalue weighted by molar-refractivity contribution is 0.0941. The van der Waals surface area contributed by atoms with Crippen LogP contribution >= 0.6 is 0 Å². The van der Waals surface area contributed by atoms with Crippen molar-refractivity contribution in [2.75, 3.05) is 5.73 Å². The number of nitrogens with zero attached hydrogens (tertiary/aromatic N) is 3. The van der Waals surface area contributed by atoms with Crippen LogP contribution in [0.4, 0.5) is 5.69 Å². The summed E-state index contributed by atoms with van der Waals surface area (Å²) in [5, 5.41) is 10.9. The molecule has 0 unspecified atom stereocenters. The van der Waals surface area contributed by atoms with Gasteiger partial charge in [0.25, 0.3) is 5.91 Å². The summed E-state index contributed by atoms with van der Waals surface area (Å²) in [5.41, 5.74) is 9.05. The molecule has 0 bridgehead atoms. The van der Waals surface area contributed by atoms with Gasteiger partial charge in [-0.2, -0.15) is 5.10 Å². The largest absolute Gasteiger partial charge is 0.395 e. The van der Waals surface area contributed by atoms with Crippen LogP contribution in [0.3, 0.4) is 0 Å². The van der Waals surface area contributed by atoms with Gasteiger partial charge in [0.1, 0.15) is 11.5 Å². The van der Waals surface area contributed by atoms with E-state index in [-0.39, 0.29) is 5.91 Å². The maximum Gasteiger partial charge on any atom is 0.271 e. The molecule has 0 aromatic carbocycles. The predicted octanol–water partition coefficient (Wildman–Crippen LogP) is 1.33. The van der Waals surface area contributed by atoms with Crippen LogP contribution in [0.25, 0.3) is 0 Å². The standard InChI is InChI=1S/C13H19N5O2/c1-5-18-12(11(14)8(3)16-18)13(19)15-6-10-7(2)17-20-9(10)4/h5-6,14H2,1-4H3,(H,15,19). The molecule has 1 amide bonds. The van der Waals surface area contributed by atoms with Crippen molar-refractivity contribution in [3.8, 4) is 0 Å². The van der Waals surface area contributed by atoms with Crippen molar-refractivity contribution in [1.29, 1.82) is 0 Å². The van der Waals surface area contributed by atoms with Gasteiger partial charge in [0.15, 0.2) is 0 Å². The maximum atomic E-state index is 12.3. The highest BCUT2D eigenvalue weighted by Crippen LogP contribution is 2.17. The highest BCUT2D eigenvalue weighted by Gasteiger charge is 2.19. The van der Waals surface area contributed by atoms with Crippen molar-refractivity contribution >= 4 is 11.6 Å². The minimum absolute atomic E-state index is 0.245. The predicted molar refractivity (Wildman–Crippen MR) is 74.2 cm³/mol. The lowest BCUT2D eigenvalue weighted by Gasteiger charge is -2.07. The SMILES string of the molecule is CCn1nc(C)c(N)c1C(=O)NCc1c(C)noc1C. The summed E-state index contributed by atoms with van der Waals surface area (Å²) in [7, 11) is 0. The second-order valence-electron chi connectivity index (χ2n) is 4.65. The van der Waals surface area contributed by atoms with E-state index in [1.54, 1.807) is 11.6 Å². The molecule has 0 radical (unpaired) electrons. The Morgan fingerprint density at radius 3 is 2.60 bits per heavy atom. The topological polar surface area (TPSA) is 99.0 Å². The molecule has 7 nitrogen and oxygen atoms in total. The van der Waals surface area contributed by atoms with Crippen LogP contribution in [0.2, 0.25) is 0 Å². The van der Waals surface area contributed by atoms with Gasteiger partial charge in [0.2, 0.25) is 0 Å². The van der Waals surface area contributed by atoms with E-state index in [0.717, 1.165) is 11.3 Å². The van der Waals surface area contributed by atoms with E-state index >= 15 is 0 Å². The van der Waals surface area contributed by atoms with Crippen molar-refractivity contribution in [2.24, 2.45) is 0 Å². The second-order valence-corrected chi connectivity index (χ2v) is 4.65. The molecule has 2 aromatic rings. The summed E-state index contributed by atoms with van der Waals surface area (Å²) in [4.78, 5) is 12.3. The molecule has 0 aliphatic rings. The third-order valence-corrected chi connectivity index (χ3v) is 3.30. The van der Waals surface area contributed by atoms with Crippen LogP contribution in [0.15, 0.2) is 4.52 Å². The first-order valence-corrected chi connectivity index (χ1v) is 6.48. The molecule has 108 valence electrons. The number of carbonyl (C=O) groups is 1. The average Bonchev–Trinajstić information content (AvgIpc) is 2.88. The number of aromatic nitrogens is 3. The van der Waals surface area contributed by atoms with E-state index in [9.17, 15) is 4.79 Å². The maximum absolute atomic E-state index is 12.3. The second kappa shape index (κ2) is 5.36. The lowest BCUT2D eigenvalue weighted by Crippen LogP contribution is -2.27. The molecule has 7 heteroatoms. The molecule has 2 rings (SSSR count). The van der Waals surface area contributed by atoms with Gasteiger partial charge in [-0.25, -0.2) is 0 Å². The molecular formula is C13H19N5O2. The molecule has 20 heavy (non-hydrogen) atoms. The Kier molecular flexibility index (Phi) is 3.78. The van der Waals surface area contributed by atoms with E-state index in [0.29, 0.717) is 35.9 Å². The molecule has 0 spiro atoms. The molecule has 0 aliphatic carbocycles. The highest BCUT2D eigenvalue weighted by molar-refractivity contribution is 5.97. The van der Waals surface area contributed by atoms with E-state index in [4.69, 9.17) is 10.3 Å². The number of hydrogen-bond donors (Lipinski definition) is 2. The van der Waals surface area contributed by atoms with Crippen molar-refractivity contribution in [1.82, 2.24) is 20.3 Å². The van der Waals surface area contributed by atoms with Crippen LogP contribution in [0.1, 0.15) is 40.1 Å². The monoisotopic (exact) mass is 277 g/mol. The summed E-state index contributed by atoms with van der Waals surface area (Å²) < 4.78 is 6.67. The van der Waals surface area contributed by atoms with E-state index < -0.39 is 0 Å². The van der Waals surface area contributed by atoms with Crippen LogP contribution in [0.5, 0.6) is 0 Å². The third-order valence-electron chi connectivity index (χ3n) is 3.30. The fourth-order valence-corrected chi connectivity index (χ4v) is 2.07. The van der Waals surface area contributed by atoms with Gasteiger partial charge in [-0.05, 0) is 27.7 Å². The van der Waals surface area contributed by atoms with Crippen molar-refractivity contribution in [3.05, 3.63) is 28.4 Å². The van der Waals surface area contributed by atoms with Gasteiger partial charge in [0.05, 0.1) is 17.1 Å². The van der Waals surface area contributed by atoms with Gasteiger partial charge in [0, 0.05) is 18.7 Å². The summed E-state index contributed by atoms with van der Waals surface area (Å²) in [6, 6.07) is 0. The zero-order valence-electron chi connectivity index (χ0n) is 12.1. The van der Waals surface area contributed by atoms with E-state index in [1.165, 1.54) is 0 Å². The summed E-state index contributed by atoms with van der Waals surface area (Å²) >= 11 is 0. The Morgan fingerprint density at radius 1 is 1.35 bits per heavy atom. The smallest absolute Gasteiger partial charge is 0.271 e. The summed E-state index contributed by atoms with van der Waals surface area (Å²) in [5.74, 6) is 0.459. The van der Waals surface area contributed by atoms with Crippen LogP contribution in [-0.4, -0.2) is 20.8 Å². The molecule has 0 atom stereocenters. The molecule has 0 aliphatic heterocycles. The fourth-order valence-electron chi connectivity index (χ4n) is 2.07. The van der Waals surface area contributed by atoms with Gasteiger partial charge in [-0.15, -0.1) is 0 Å². The first kappa shape index (κ1) is 14.1. The molecular weight excluding hydrogens is 258 g/mol. The number of carbonyl (C=O) groups excluding carboxylic acids is 1. The summed E-state index contributed by atoms with van der Waals surface area (Å²) in [6.07, 6.45) is 0. The highest BCUT2D eigenvalue weighted by atomic mass is 16.5.